The summed E-state index contributed by atoms with van der Waals surface area (Å²) in [5, 5.41) is 3.36. The molecule has 0 amide bonds. The van der Waals surface area contributed by atoms with Crippen LogP contribution in [-0.2, 0) is 0 Å². The lowest BCUT2D eigenvalue weighted by atomic mass is 10.2. The average molecular weight is 218 g/mol. The third kappa shape index (κ3) is 2.02. The molecule has 3 rings (SSSR count). The van der Waals surface area contributed by atoms with Gasteiger partial charge in [0.1, 0.15) is 11.6 Å². The number of aromatic nitrogens is 2. The van der Waals surface area contributed by atoms with Crippen molar-refractivity contribution < 1.29 is 0 Å². The fourth-order valence-corrected chi connectivity index (χ4v) is 2.22. The number of piperazine rings is 1. The Hall–Kier alpha value is -1.16. The Morgan fingerprint density at radius 2 is 2.00 bits per heavy atom. The van der Waals surface area contributed by atoms with Crippen molar-refractivity contribution >= 4 is 5.82 Å². The van der Waals surface area contributed by atoms with Gasteiger partial charge in [0.05, 0.1) is 0 Å². The fourth-order valence-electron chi connectivity index (χ4n) is 2.22. The normalized spacial score (nSPS) is 21.2. The quantitative estimate of drug-likeness (QED) is 0.806. The first-order valence-corrected chi connectivity index (χ1v) is 6.14. The summed E-state index contributed by atoms with van der Waals surface area (Å²) < 4.78 is 0. The van der Waals surface area contributed by atoms with E-state index in [1.165, 1.54) is 18.5 Å². The number of nitrogens with zero attached hydrogens (tertiary/aromatic N) is 3. The van der Waals surface area contributed by atoms with E-state index in [0.29, 0.717) is 5.92 Å². The van der Waals surface area contributed by atoms with Gasteiger partial charge < -0.3 is 10.2 Å². The van der Waals surface area contributed by atoms with Crippen LogP contribution in [0.1, 0.15) is 30.3 Å². The molecule has 1 N–H and O–H groups in total. The molecule has 0 aromatic carbocycles. The van der Waals surface area contributed by atoms with E-state index < -0.39 is 0 Å². The van der Waals surface area contributed by atoms with E-state index >= 15 is 0 Å². The van der Waals surface area contributed by atoms with Gasteiger partial charge in [0.25, 0.3) is 0 Å². The Balaban J connectivity index is 1.86. The van der Waals surface area contributed by atoms with Crippen LogP contribution in [0.2, 0.25) is 0 Å². The van der Waals surface area contributed by atoms with Crippen LogP contribution in [0.15, 0.2) is 6.07 Å². The van der Waals surface area contributed by atoms with Gasteiger partial charge in [0.2, 0.25) is 0 Å². The van der Waals surface area contributed by atoms with Crippen molar-refractivity contribution in [3.8, 4) is 0 Å². The minimum Gasteiger partial charge on any atom is -0.354 e. The van der Waals surface area contributed by atoms with Crippen LogP contribution in [-0.4, -0.2) is 36.1 Å². The summed E-state index contributed by atoms with van der Waals surface area (Å²) in [6, 6.07) is 2.19. The number of anilines is 1. The minimum atomic E-state index is 0.711. The second-order valence-electron chi connectivity index (χ2n) is 4.71. The van der Waals surface area contributed by atoms with E-state index in [-0.39, 0.29) is 0 Å². The molecule has 86 valence electrons. The van der Waals surface area contributed by atoms with Gasteiger partial charge in [-0.3, -0.25) is 0 Å². The van der Waals surface area contributed by atoms with Crippen LogP contribution in [0.5, 0.6) is 0 Å². The highest BCUT2D eigenvalue weighted by Crippen LogP contribution is 2.39. The van der Waals surface area contributed by atoms with Crippen molar-refractivity contribution in [1.82, 2.24) is 15.3 Å². The van der Waals surface area contributed by atoms with Crippen molar-refractivity contribution in [3.63, 3.8) is 0 Å². The second kappa shape index (κ2) is 4.01. The van der Waals surface area contributed by atoms with Crippen LogP contribution in [0.4, 0.5) is 5.82 Å². The third-order valence-electron chi connectivity index (χ3n) is 3.28. The zero-order chi connectivity index (χ0) is 11.0. The minimum absolute atomic E-state index is 0.711. The summed E-state index contributed by atoms with van der Waals surface area (Å²) in [6.07, 6.45) is 2.61. The highest BCUT2D eigenvalue weighted by Gasteiger charge is 2.26. The van der Waals surface area contributed by atoms with Crippen LogP contribution >= 0.6 is 0 Å². The monoisotopic (exact) mass is 218 g/mol. The highest BCUT2D eigenvalue weighted by molar-refractivity contribution is 5.42. The van der Waals surface area contributed by atoms with Crippen molar-refractivity contribution in [2.24, 2.45) is 0 Å². The molecule has 2 fully saturated rings. The Bertz CT molecular complexity index is 381. The van der Waals surface area contributed by atoms with Gasteiger partial charge >= 0.3 is 0 Å². The van der Waals surface area contributed by atoms with Crippen LogP contribution in [0, 0.1) is 6.92 Å². The molecule has 4 nitrogen and oxygen atoms in total. The van der Waals surface area contributed by atoms with Gasteiger partial charge in [-0.2, -0.15) is 0 Å². The van der Waals surface area contributed by atoms with Crippen molar-refractivity contribution in [2.45, 2.75) is 25.7 Å². The molecule has 16 heavy (non-hydrogen) atoms. The smallest absolute Gasteiger partial charge is 0.132 e. The zero-order valence-corrected chi connectivity index (χ0v) is 9.74. The van der Waals surface area contributed by atoms with Crippen molar-refractivity contribution in [1.29, 1.82) is 0 Å². The Morgan fingerprint density at radius 1 is 1.25 bits per heavy atom. The Morgan fingerprint density at radius 3 is 2.69 bits per heavy atom. The number of aryl methyl sites for hydroxylation is 1. The average Bonchev–Trinajstić information content (AvgIpc) is 3.13. The maximum absolute atomic E-state index is 4.55. The van der Waals surface area contributed by atoms with Gasteiger partial charge in [0, 0.05) is 43.9 Å². The number of nitrogens with one attached hydrogen (secondary N) is 1. The van der Waals surface area contributed by atoms with Gasteiger partial charge in [0.15, 0.2) is 0 Å². The summed E-state index contributed by atoms with van der Waals surface area (Å²) in [5.41, 5.74) is 1.25. The van der Waals surface area contributed by atoms with E-state index in [0.717, 1.165) is 37.8 Å². The van der Waals surface area contributed by atoms with Gasteiger partial charge in [-0.15, -0.1) is 0 Å². The van der Waals surface area contributed by atoms with Gasteiger partial charge in [-0.1, -0.05) is 0 Å². The molecule has 0 bridgehead atoms. The van der Waals surface area contributed by atoms with Crippen molar-refractivity contribution in [3.05, 3.63) is 17.6 Å². The van der Waals surface area contributed by atoms with E-state index in [9.17, 15) is 0 Å². The molecule has 1 aliphatic heterocycles. The van der Waals surface area contributed by atoms with Crippen LogP contribution in [0.25, 0.3) is 0 Å². The van der Waals surface area contributed by atoms with Crippen LogP contribution in [0.3, 0.4) is 0 Å². The molecule has 1 saturated heterocycles. The molecule has 1 aromatic rings. The summed E-state index contributed by atoms with van der Waals surface area (Å²) in [7, 11) is 0. The first kappa shape index (κ1) is 10.0. The molecule has 2 heterocycles. The van der Waals surface area contributed by atoms with E-state index in [2.05, 4.69) is 26.3 Å². The zero-order valence-electron chi connectivity index (χ0n) is 9.74. The molecule has 4 heteroatoms. The predicted molar refractivity (Wildman–Crippen MR) is 63.8 cm³/mol. The molecule has 0 atom stereocenters. The molecule has 2 aliphatic rings. The number of hydrogen-bond acceptors (Lipinski definition) is 4. The molecule has 0 radical (unpaired) electrons. The van der Waals surface area contributed by atoms with E-state index in [4.69, 9.17) is 0 Å². The standard InChI is InChI=1S/C12H18N4/c1-9-14-11(10-2-3-10)8-12(15-9)16-6-4-13-5-7-16/h8,10,13H,2-7H2,1H3. The Labute approximate surface area is 96.1 Å². The second-order valence-corrected chi connectivity index (χ2v) is 4.71. The predicted octanol–water partition coefficient (Wildman–Crippen LogP) is 1.07. The summed E-state index contributed by atoms with van der Waals surface area (Å²) in [4.78, 5) is 11.5. The molecule has 0 unspecified atom stereocenters. The van der Waals surface area contributed by atoms with E-state index in [1.807, 2.05) is 6.92 Å². The molecule has 1 aromatic heterocycles. The lowest BCUT2D eigenvalue weighted by Gasteiger charge is -2.28. The maximum atomic E-state index is 4.55. The fraction of sp³-hybridized carbons (Fsp3) is 0.667. The molecule has 1 saturated carbocycles. The van der Waals surface area contributed by atoms with Crippen molar-refractivity contribution in [2.75, 3.05) is 31.1 Å². The lowest BCUT2D eigenvalue weighted by molar-refractivity contribution is 0.583. The lowest BCUT2D eigenvalue weighted by Crippen LogP contribution is -2.44. The third-order valence-corrected chi connectivity index (χ3v) is 3.28. The van der Waals surface area contributed by atoms with E-state index in [1.54, 1.807) is 0 Å². The molecular weight excluding hydrogens is 200 g/mol. The summed E-state index contributed by atoms with van der Waals surface area (Å²) >= 11 is 0. The Kier molecular flexibility index (Phi) is 2.52. The summed E-state index contributed by atoms with van der Waals surface area (Å²) in [5.74, 6) is 2.75. The van der Waals surface area contributed by atoms with Crippen LogP contribution < -0.4 is 10.2 Å². The largest absolute Gasteiger partial charge is 0.354 e. The number of hydrogen-bond donors (Lipinski definition) is 1. The molecule has 0 spiro atoms. The first-order chi connectivity index (χ1) is 7.83. The molecule has 1 aliphatic carbocycles. The highest BCUT2D eigenvalue weighted by atomic mass is 15.2. The maximum Gasteiger partial charge on any atom is 0.132 e. The SMILES string of the molecule is Cc1nc(C2CC2)cc(N2CCNCC2)n1. The summed E-state index contributed by atoms with van der Waals surface area (Å²) in [6.45, 7) is 6.22. The number of rotatable bonds is 2. The molecular formula is C12H18N4. The van der Waals surface area contributed by atoms with Gasteiger partial charge in [-0.05, 0) is 19.8 Å². The topological polar surface area (TPSA) is 41.1 Å². The first-order valence-electron chi connectivity index (χ1n) is 6.14. The van der Waals surface area contributed by atoms with Gasteiger partial charge in [-0.25, -0.2) is 9.97 Å².